The highest BCUT2D eigenvalue weighted by Crippen LogP contribution is 2.21. The van der Waals surface area contributed by atoms with E-state index in [1.54, 1.807) is 12.3 Å². The first-order valence-corrected chi connectivity index (χ1v) is 9.16. The monoisotopic (exact) mass is 379 g/mol. The Morgan fingerprint density at radius 3 is 2.86 bits per heavy atom. The number of hydrogen-bond donors (Lipinski definition) is 1. The number of amides is 1. The van der Waals surface area contributed by atoms with Gasteiger partial charge in [0, 0.05) is 31.4 Å². The van der Waals surface area contributed by atoms with Gasteiger partial charge in [0.05, 0.1) is 13.2 Å². The number of anilines is 1. The maximum Gasteiger partial charge on any atom is 0.316 e. The summed E-state index contributed by atoms with van der Waals surface area (Å²) >= 11 is 0. The molecule has 144 valence electrons. The molecule has 3 heterocycles. The first-order valence-electron chi connectivity index (χ1n) is 9.16. The van der Waals surface area contributed by atoms with Crippen molar-refractivity contribution in [2.24, 2.45) is 0 Å². The van der Waals surface area contributed by atoms with Crippen LogP contribution in [0.15, 0.2) is 47.1 Å². The van der Waals surface area contributed by atoms with Crippen molar-refractivity contribution < 1.29 is 14.1 Å². The van der Waals surface area contributed by atoms with Crippen LogP contribution in [-0.4, -0.2) is 47.3 Å². The topological polar surface area (TPSA) is 93.4 Å². The van der Waals surface area contributed by atoms with E-state index in [1.807, 2.05) is 37.3 Å². The molecule has 4 rings (SSSR count). The predicted molar refractivity (Wildman–Crippen MR) is 103 cm³/mol. The summed E-state index contributed by atoms with van der Waals surface area (Å²) in [7, 11) is 0. The molecule has 0 bridgehead atoms. The molecule has 1 aromatic carbocycles. The van der Waals surface area contributed by atoms with Crippen LogP contribution in [0, 0.1) is 6.92 Å². The van der Waals surface area contributed by atoms with E-state index in [-0.39, 0.29) is 5.89 Å². The number of carbonyl (C=O) groups excluding carboxylic acids is 1. The molecule has 8 heteroatoms. The second-order valence-corrected chi connectivity index (χ2v) is 6.53. The van der Waals surface area contributed by atoms with Crippen LogP contribution >= 0.6 is 0 Å². The summed E-state index contributed by atoms with van der Waals surface area (Å²) in [5.74, 6) is 0.729. The highest BCUT2D eigenvalue weighted by atomic mass is 16.5. The Kier molecular flexibility index (Phi) is 5.29. The highest BCUT2D eigenvalue weighted by molar-refractivity contribution is 5.89. The number of nitrogens with one attached hydrogen (secondary N) is 1. The molecule has 0 radical (unpaired) electrons. The van der Waals surface area contributed by atoms with Gasteiger partial charge in [-0.25, -0.2) is 4.98 Å². The standard InChI is InChI=1S/C20H21N5O3/c1-14-4-2-3-5-16(14)13-22-19(26)20-23-18(24-28-20)15-6-7-21-17(12-15)25-8-10-27-11-9-25/h2-7,12H,8-11,13H2,1H3,(H,22,26). The van der Waals surface area contributed by atoms with Gasteiger partial charge < -0.3 is 19.5 Å². The Morgan fingerprint density at radius 1 is 1.21 bits per heavy atom. The zero-order chi connectivity index (χ0) is 19.3. The Bertz CT molecular complexity index is 966. The van der Waals surface area contributed by atoms with E-state index in [0.717, 1.165) is 35.6 Å². The van der Waals surface area contributed by atoms with Crippen LogP contribution in [0.2, 0.25) is 0 Å². The number of pyridine rings is 1. The smallest absolute Gasteiger partial charge is 0.316 e. The Hall–Kier alpha value is -3.26. The van der Waals surface area contributed by atoms with Crippen molar-refractivity contribution in [1.82, 2.24) is 20.4 Å². The van der Waals surface area contributed by atoms with Gasteiger partial charge in [-0.05, 0) is 30.2 Å². The fourth-order valence-electron chi connectivity index (χ4n) is 3.02. The highest BCUT2D eigenvalue weighted by Gasteiger charge is 2.18. The lowest BCUT2D eigenvalue weighted by atomic mass is 10.1. The van der Waals surface area contributed by atoms with Crippen molar-refractivity contribution in [3.63, 3.8) is 0 Å². The average Bonchev–Trinajstić information content (AvgIpc) is 3.24. The van der Waals surface area contributed by atoms with E-state index in [1.165, 1.54) is 0 Å². The van der Waals surface area contributed by atoms with Gasteiger partial charge in [0.1, 0.15) is 5.82 Å². The molecule has 0 atom stereocenters. The van der Waals surface area contributed by atoms with Gasteiger partial charge in [-0.1, -0.05) is 29.4 Å². The minimum absolute atomic E-state index is 0.0617. The number of aromatic nitrogens is 3. The van der Waals surface area contributed by atoms with Crippen LogP contribution in [0.5, 0.6) is 0 Å². The van der Waals surface area contributed by atoms with Crippen LogP contribution in [0.1, 0.15) is 21.8 Å². The second kappa shape index (κ2) is 8.18. The SMILES string of the molecule is Cc1ccccc1CNC(=O)c1nc(-c2ccnc(N3CCOCC3)c2)no1. The predicted octanol–water partition coefficient (Wildman–Crippen LogP) is 2.21. The molecule has 1 saturated heterocycles. The number of rotatable bonds is 5. The Labute approximate surface area is 162 Å². The maximum absolute atomic E-state index is 12.3. The fourth-order valence-corrected chi connectivity index (χ4v) is 3.02. The third-order valence-corrected chi connectivity index (χ3v) is 4.66. The van der Waals surface area contributed by atoms with E-state index in [2.05, 4.69) is 25.3 Å². The first-order chi connectivity index (χ1) is 13.7. The lowest BCUT2D eigenvalue weighted by Gasteiger charge is -2.27. The molecular weight excluding hydrogens is 358 g/mol. The zero-order valence-corrected chi connectivity index (χ0v) is 15.6. The number of nitrogens with zero attached hydrogens (tertiary/aromatic N) is 4. The van der Waals surface area contributed by atoms with E-state index in [4.69, 9.17) is 9.26 Å². The van der Waals surface area contributed by atoms with E-state index < -0.39 is 5.91 Å². The summed E-state index contributed by atoms with van der Waals surface area (Å²) < 4.78 is 10.5. The number of carbonyl (C=O) groups is 1. The molecular formula is C20H21N5O3. The minimum atomic E-state index is -0.399. The summed E-state index contributed by atoms with van der Waals surface area (Å²) in [6.45, 7) is 5.34. The van der Waals surface area contributed by atoms with Crippen LogP contribution in [0.4, 0.5) is 5.82 Å². The molecule has 0 spiro atoms. The van der Waals surface area contributed by atoms with Crippen molar-refractivity contribution in [3.05, 3.63) is 59.6 Å². The molecule has 1 fully saturated rings. The number of hydrogen-bond acceptors (Lipinski definition) is 7. The summed E-state index contributed by atoms with van der Waals surface area (Å²) in [6, 6.07) is 11.6. The van der Waals surface area contributed by atoms with Gasteiger partial charge in [-0.15, -0.1) is 0 Å². The molecule has 8 nitrogen and oxygen atoms in total. The van der Waals surface area contributed by atoms with Gasteiger partial charge in [-0.2, -0.15) is 4.98 Å². The van der Waals surface area contributed by atoms with Crippen molar-refractivity contribution in [3.8, 4) is 11.4 Å². The van der Waals surface area contributed by atoms with Gasteiger partial charge in [-0.3, -0.25) is 4.79 Å². The molecule has 2 aromatic heterocycles. The Balaban J connectivity index is 1.45. The maximum atomic E-state index is 12.3. The molecule has 28 heavy (non-hydrogen) atoms. The van der Waals surface area contributed by atoms with Crippen LogP contribution < -0.4 is 10.2 Å². The summed E-state index contributed by atoms with van der Waals surface area (Å²) in [5, 5.41) is 6.76. The normalized spacial score (nSPS) is 14.1. The lowest BCUT2D eigenvalue weighted by molar-refractivity contribution is 0.0907. The zero-order valence-electron chi connectivity index (χ0n) is 15.6. The van der Waals surface area contributed by atoms with E-state index in [9.17, 15) is 4.79 Å². The van der Waals surface area contributed by atoms with Gasteiger partial charge in [0.25, 0.3) is 0 Å². The molecule has 1 aliphatic rings. The van der Waals surface area contributed by atoms with Crippen molar-refractivity contribution in [1.29, 1.82) is 0 Å². The van der Waals surface area contributed by atoms with Crippen molar-refractivity contribution in [2.75, 3.05) is 31.2 Å². The number of morpholine rings is 1. The third-order valence-electron chi connectivity index (χ3n) is 4.66. The molecule has 0 saturated carbocycles. The Morgan fingerprint density at radius 2 is 2.04 bits per heavy atom. The first kappa shape index (κ1) is 18.1. The van der Waals surface area contributed by atoms with Crippen LogP contribution in [-0.2, 0) is 11.3 Å². The van der Waals surface area contributed by atoms with Gasteiger partial charge in [0.2, 0.25) is 5.82 Å². The van der Waals surface area contributed by atoms with Gasteiger partial charge >= 0.3 is 11.8 Å². The summed E-state index contributed by atoms with van der Waals surface area (Å²) in [4.78, 5) is 23.1. The molecule has 0 unspecified atom stereocenters. The van der Waals surface area contributed by atoms with Crippen molar-refractivity contribution >= 4 is 11.7 Å². The van der Waals surface area contributed by atoms with E-state index in [0.29, 0.717) is 25.6 Å². The summed E-state index contributed by atoms with van der Waals surface area (Å²) in [6.07, 6.45) is 1.70. The molecule has 1 amide bonds. The van der Waals surface area contributed by atoms with E-state index >= 15 is 0 Å². The quantitative estimate of drug-likeness (QED) is 0.726. The van der Waals surface area contributed by atoms with Crippen molar-refractivity contribution in [2.45, 2.75) is 13.5 Å². The molecule has 3 aromatic rings. The summed E-state index contributed by atoms with van der Waals surface area (Å²) in [5.41, 5.74) is 2.90. The third kappa shape index (κ3) is 4.01. The van der Waals surface area contributed by atoms with Gasteiger partial charge in [0.15, 0.2) is 0 Å². The number of benzene rings is 1. The minimum Gasteiger partial charge on any atom is -0.378 e. The number of ether oxygens (including phenoxy) is 1. The second-order valence-electron chi connectivity index (χ2n) is 6.53. The van der Waals surface area contributed by atoms with Crippen LogP contribution in [0.3, 0.4) is 0 Å². The largest absolute Gasteiger partial charge is 0.378 e. The lowest BCUT2D eigenvalue weighted by Crippen LogP contribution is -2.36. The average molecular weight is 379 g/mol. The molecule has 1 N–H and O–H groups in total. The molecule has 0 aliphatic carbocycles. The molecule has 1 aliphatic heterocycles. The van der Waals surface area contributed by atoms with Crippen LogP contribution in [0.25, 0.3) is 11.4 Å². The fraction of sp³-hybridized carbons (Fsp3) is 0.300. The number of aryl methyl sites for hydroxylation is 1.